The Morgan fingerprint density at radius 3 is 2.82 bits per heavy atom. The van der Waals surface area contributed by atoms with Gasteiger partial charge in [0.25, 0.3) is 0 Å². The van der Waals surface area contributed by atoms with Crippen LogP contribution in [0.1, 0.15) is 6.92 Å². The number of hydrogen-bond donors (Lipinski definition) is 4. The van der Waals surface area contributed by atoms with Gasteiger partial charge in [0.15, 0.2) is 0 Å². The van der Waals surface area contributed by atoms with Gasteiger partial charge in [-0.3, -0.25) is 10.9 Å². The fourth-order valence-corrected chi connectivity index (χ4v) is 1.44. The van der Waals surface area contributed by atoms with Crippen molar-refractivity contribution in [2.75, 3.05) is 10.9 Å². The minimum Gasteiger partial charge on any atom is -0.508 e. The van der Waals surface area contributed by atoms with E-state index in [-0.39, 0.29) is 11.5 Å². The molecule has 17 heavy (non-hydrogen) atoms. The van der Waals surface area contributed by atoms with Gasteiger partial charge in [-0.15, -0.1) is 0 Å². The molecule has 2 aromatic rings. The molecule has 0 atom stereocenters. The van der Waals surface area contributed by atoms with Gasteiger partial charge in [-0.2, -0.15) is 0 Å². The first kappa shape index (κ1) is 11.1. The predicted octanol–water partition coefficient (Wildman–Crippen LogP) is 1.75. The third kappa shape index (κ3) is 2.41. The van der Waals surface area contributed by atoms with Gasteiger partial charge in [0.05, 0.1) is 5.69 Å². The van der Waals surface area contributed by atoms with E-state index in [0.717, 1.165) is 6.54 Å². The Morgan fingerprint density at radius 1 is 1.29 bits per heavy atom. The Balaban J connectivity index is 2.07. The van der Waals surface area contributed by atoms with Crippen molar-refractivity contribution in [1.29, 1.82) is 0 Å². The number of phenolic OH excluding ortho intramolecular Hbond substituents is 2. The van der Waals surface area contributed by atoms with Crippen LogP contribution in [-0.4, -0.2) is 19.8 Å². The molecule has 0 aliphatic carbocycles. The van der Waals surface area contributed by atoms with Gasteiger partial charge >= 0.3 is 0 Å². The Bertz CT molecular complexity index is 510. The van der Waals surface area contributed by atoms with Crippen molar-refractivity contribution in [2.45, 2.75) is 13.5 Å². The number of hydrazine groups is 1. The molecule has 4 N–H and O–H groups in total. The molecule has 0 saturated carbocycles. The van der Waals surface area contributed by atoms with Crippen LogP contribution in [0.4, 0.5) is 11.6 Å². The van der Waals surface area contributed by atoms with Crippen molar-refractivity contribution >= 4 is 11.6 Å². The fourth-order valence-electron chi connectivity index (χ4n) is 1.44. The predicted molar refractivity (Wildman–Crippen MR) is 64.9 cm³/mol. The summed E-state index contributed by atoms with van der Waals surface area (Å²) < 4.78 is 1.91. The van der Waals surface area contributed by atoms with E-state index >= 15 is 0 Å². The highest BCUT2D eigenvalue weighted by molar-refractivity contribution is 5.60. The van der Waals surface area contributed by atoms with Crippen LogP contribution >= 0.6 is 0 Å². The molecule has 0 saturated heterocycles. The van der Waals surface area contributed by atoms with Gasteiger partial charge in [0, 0.05) is 25.0 Å². The number of benzene rings is 1. The maximum Gasteiger partial charge on any atom is 0.221 e. The molecular weight excluding hydrogens is 220 g/mol. The highest BCUT2D eigenvalue weighted by Crippen LogP contribution is 2.26. The molecule has 0 fully saturated rings. The second-order valence-corrected chi connectivity index (χ2v) is 3.49. The maximum atomic E-state index is 9.56. The molecule has 0 amide bonds. The van der Waals surface area contributed by atoms with Crippen LogP contribution in [0.2, 0.25) is 0 Å². The van der Waals surface area contributed by atoms with Crippen molar-refractivity contribution in [1.82, 2.24) is 9.55 Å². The summed E-state index contributed by atoms with van der Waals surface area (Å²) in [6, 6.07) is 4.31. The van der Waals surface area contributed by atoms with Crippen LogP contribution in [0, 0.1) is 0 Å². The lowest BCUT2D eigenvalue weighted by molar-refractivity contribution is 0.452. The van der Waals surface area contributed by atoms with E-state index in [1.807, 2.05) is 17.7 Å². The van der Waals surface area contributed by atoms with Crippen LogP contribution < -0.4 is 10.9 Å². The van der Waals surface area contributed by atoms with E-state index in [2.05, 4.69) is 15.8 Å². The zero-order valence-electron chi connectivity index (χ0n) is 9.38. The number of aromatic hydroxyl groups is 2. The Morgan fingerprint density at radius 2 is 2.12 bits per heavy atom. The van der Waals surface area contributed by atoms with Gasteiger partial charge in [-0.1, -0.05) is 0 Å². The fraction of sp³-hybridized carbons (Fsp3) is 0.182. The molecule has 0 aliphatic heterocycles. The molecule has 0 bridgehead atoms. The molecule has 1 heterocycles. The summed E-state index contributed by atoms with van der Waals surface area (Å²) >= 11 is 0. The third-order valence-electron chi connectivity index (χ3n) is 2.35. The number of nitrogens with zero attached hydrogens (tertiary/aromatic N) is 2. The van der Waals surface area contributed by atoms with Crippen molar-refractivity contribution < 1.29 is 10.2 Å². The molecule has 6 nitrogen and oxygen atoms in total. The van der Waals surface area contributed by atoms with Crippen LogP contribution in [0.5, 0.6) is 11.5 Å². The third-order valence-corrected chi connectivity index (χ3v) is 2.35. The first-order valence-electron chi connectivity index (χ1n) is 5.26. The molecule has 0 spiro atoms. The monoisotopic (exact) mass is 234 g/mol. The van der Waals surface area contributed by atoms with Crippen LogP contribution in [0.15, 0.2) is 30.6 Å². The minimum absolute atomic E-state index is 0.0168. The number of aromatic nitrogens is 2. The average Bonchev–Trinajstić information content (AvgIpc) is 2.75. The second-order valence-electron chi connectivity index (χ2n) is 3.49. The van der Waals surface area contributed by atoms with E-state index in [1.54, 1.807) is 12.3 Å². The van der Waals surface area contributed by atoms with Gasteiger partial charge in [-0.25, -0.2) is 4.98 Å². The summed E-state index contributed by atoms with van der Waals surface area (Å²) in [5.74, 6) is 0.634. The Kier molecular flexibility index (Phi) is 3.04. The second kappa shape index (κ2) is 4.65. The number of nitrogens with one attached hydrogen (secondary N) is 2. The lowest BCUT2D eigenvalue weighted by Crippen LogP contribution is -2.13. The smallest absolute Gasteiger partial charge is 0.221 e. The summed E-state index contributed by atoms with van der Waals surface area (Å²) in [6.07, 6.45) is 3.53. The normalized spacial score (nSPS) is 10.2. The SMILES string of the molecule is CCn1ccnc1NNc1ccc(O)cc1O. The van der Waals surface area contributed by atoms with E-state index in [4.69, 9.17) is 5.11 Å². The minimum atomic E-state index is -0.0351. The lowest BCUT2D eigenvalue weighted by atomic mass is 10.3. The molecule has 0 radical (unpaired) electrons. The van der Waals surface area contributed by atoms with Crippen molar-refractivity contribution in [3.05, 3.63) is 30.6 Å². The maximum absolute atomic E-state index is 9.56. The lowest BCUT2D eigenvalue weighted by Gasteiger charge is -2.11. The van der Waals surface area contributed by atoms with Gasteiger partial charge in [0.1, 0.15) is 11.5 Å². The number of phenols is 2. The van der Waals surface area contributed by atoms with E-state index < -0.39 is 0 Å². The molecular formula is C11H14N4O2. The van der Waals surface area contributed by atoms with E-state index in [9.17, 15) is 5.11 Å². The molecule has 1 aromatic heterocycles. The highest BCUT2D eigenvalue weighted by atomic mass is 16.3. The molecule has 90 valence electrons. The van der Waals surface area contributed by atoms with Gasteiger partial charge in [-0.05, 0) is 19.1 Å². The standard InChI is InChI=1S/C11H14N4O2/c1-2-15-6-5-12-11(15)14-13-9-4-3-8(16)7-10(9)17/h3-7,13,16-17H,2H2,1H3,(H,12,14). The largest absolute Gasteiger partial charge is 0.508 e. The van der Waals surface area contributed by atoms with Crippen LogP contribution in [0.3, 0.4) is 0 Å². The molecule has 0 aliphatic rings. The number of anilines is 2. The number of rotatable bonds is 4. The highest BCUT2D eigenvalue weighted by Gasteiger charge is 2.03. The van der Waals surface area contributed by atoms with Crippen LogP contribution in [0.25, 0.3) is 0 Å². The number of aryl methyl sites for hydroxylation is 1. The van der Waals surface area contributed by atoms with Crippen molar-refractivity contribution in [3.8, 4) is 11.5 Å². The van der Waals surface area contributed by atoms with Crippen molar-refractivity contribution in [2.24, 2.45) is 0 Å². The number of hydrogen-bond acceptors (Lipinski definition) is 5. The Labute approximate surface area is 98.5 Å². The molecule has 2 rings (SSSR count). The molecule has 6 heteroatoms. The van der Waals surface area contributed by atoms with E-state index in [0.29, 0.717) is 11.6 Å². The quantitative estimate of drug-likeness (QED) is 0.368. The van der Waals surface area contributed by atoms with Crippen LogP contribution in [-0.2, 0) is 6.54 Å². The van der Waals surface area contributed by atoms with E-state index in [1.165, 1.54) is 12.1 Å². The van der Waals surface area contributed by atoms with Gasteiger partial charge in [0.2, 0.25) is 5.95 Å². The zero-order chi connectivity index (χ0) is 12.3. The number of imidazole rings is 1. The summed E-state index contributed by atoms with van der Waals surface area (Å²) in [5.41, 5.74) is 6.17. The molecule has 1 aromatic carbocycles. The topological polar surface area (TPSA) is 82.3 Å². The Hall–Kier alpha value is -2.37. The summed E-state index contributed by atoms with van der Waals surface area (Å²) in [6.45, 7) is 2.80. The molecule has 0 unspecified atom stereocenters. The summed E-state index contributed by atoms with van der Waals surface area (Å²) in [4.78, 5) is 4.11. The van der Waals surface area contributed by atoms with Crippen molar-refractivity contribution in [3.63, 3.8) is 0 Å². The van der Waals surface area contributed by atoms with Gasteiger partial charge < -0.3 is 14.8 Å². The summed E-state index contributed by atoms with van der Waals surface area (Å²) in [7, 11) is 0. The first-order valence-corrected chi connectivity index (χ1v) is 5.26. The first-order chi connectivity index (χ1) is 8.20. The zero-order valence-corrected chi connectivity index (χ0v) is 9.38. The average molecular weight is 234 g/mol. The summed E-state index contributed by atoms with van der Waals surface area (Å²) in [5, 5.41) is 18.7.